The highest BCUT2D eigenvalue weighted by atomic mass is 32.2. The predicted molar refractivity (Wildman–Crippen MR) is 94.1 cm³/mol. The molecule has 1 atom stereocenters. The second kappa shape index (κ2) is 7.46. The molecule has 0 aromatic carbocycles. The van der Waals surface area contributed by atoms with Crippen molar-refractivity contribution in [3.05, 3.63) is 32.1 Å². The largest absolute Gasteiger partial charge is 0.479 e. The minimum Gasteiger partial charge on any atom is -0.479 e. The van der Waals surface area contributed by atoms with Crippen LogP contribution in [0.2, 0.25) is 0 Å². The van der Waals surface area contributed by atoms with Crippen LogP contribution in [0.4, 0.5) is 10.8 Å². The van der Waals surface area contributed by atoms with Crippen LogP contribution in [-0.2, 0) is 23.3 Å². The summed E-state index contributed by atoms with van der Waals surface area (Å²) < 4.78 is 30.2. The SMILES string of the molecule is Cc1sc(N=Nc2c(O)oc3c(c2=O)CCCC3)nc1C(C)N=S(=O)=O. The third-order valence-corrected chi connectivity index (χ3v) is 5.38. The van der Waals surface area contributed by atoms with Gasteiger partial charge in [-0.25, -0.2) is 4.98 Å². The van der Waals surface area contributed by atoms with Crippen molar-refractivity contribution < 1.29 is 17.9 Å². The Morgan fingerprint density at radius 3 is 2.73 bits per heavy atom. The summed E-state index contributed by atoms with van der Waals surface area (Å²) >= 11 is 1.18. The molecule has 2 heterocycles. The van der Waals surface area contributed by atoms with Gasteiger partial charge in [-0.15, -0.1) is 10.2 Å². The molecule has 1 N–H and O–H groups in total. The zero-order chi connectivity index (χ0) is 18.8. The van der Waals surface area contributed by atoms with Gasteiger partial charge in [0.1, 0.15) is 11.8 Å². The molecule has 1 unspecified atom stereocenters. The average molecular weight is 396 g/mol. The quantitative estimate of drug-likeness (QED) is 0.786. The van der Waals surface area contributed by atoms with Crippen molar-refractivity contribution >= 4 is 32.7 Å². The molecule has 1 aliphatic carbocycles. The Labute approximate surface area is 154 Å². The molecule has 0 fully saturated rings. The molecule has 138 valence electrons. The molecule has 1 aliphatic rings. The number of rotatable bonds is 4. The van der Waals surface area contributed by atoms with Gasteiger partial charge in [0.05, 0.1) is 5.69 Å². The van der Waals surface area contributed by atoms with Crippen molar-refractivity contribution in [2.45, 2.75) is 45.6 Å². The van der Waals surface area contributed by atoms with Crippen molar-refractivity contribution in [2.75, 3.05) is 0 Å². The second-order valence-electron chi connectivity index (χ2n) is 5.83. The molecule has 26 heavy (non-hydrogen) atoms. The van der Waals surface area contributed by atoms with Crippen LogP contribution in [0.25, 0.3) is 0 Å². The zero-order valence-corrected chi connectivity index (χ0v) is 15.7. The van der Waals surface area contributed by atoms with E-state index in [0.717, 1.165) is 17.7 Å². The fourth-order valence-corrected chi connectivity index (χ4v) is 4.00. The Balaban J connectivity index is 1.94. The minimum absolute atomic E-state index is 0.229. The molecule has 0 radical (unpaired) electrons. The number of fused-ring (bicyclic) bond motifs is 1. The monoisotopic (exact) mass is 396 g/mol. The van der Waals surface area contributed by atoms with Gasteiger partial charge in [-0.3, -0.25) is 4.79 Å². The molecule has 0 spiro atoms. The van der Waals surface area contributed by atoms with Crippen LogP contribution in [0.3, 0.4) is 0 Å². The highest BCUT2D eigenvalue weighted by molar-refractivity contribution is 7.61. The number of aromatic hydroxyl groups is 1. The van der Waals surface area contributed by atoms with Crippen LogP contribution in [0, 0.1) is 6.92 Å². The minimum atomic E-state index is -2.54. The van der Waals surface area contributed by atoms with Crippen LogP contribution in [0.1, 0.15) is 47.7 Å². The third-order valence-electron chi connectivity index (χ3n) is 4.03. The Morgan fingerprint density at radius 1 is 1.27 bits per heavy atom. The van der Waals surface area contributed by atoms with E-state index in [9.17, 15) is 18.3 Å². The standard InChI is InChI=1S/C15H16N4O5S2/c1-7(19-26(22)23)11-8(2)25-15(16-11)18-17-12-13(20)9-5-3-4-6-10(9)24-14(12)21/h7,21H,3-6H2,1-2H3. The van der Waals surface area contributed by atoms with Crippen LogP contribution < -0.4 is 5.43 Å². The summed E-state index contributed by atoms with van der Waals surface area (Å²) in [5, 5.41) is 17.9. The van der Waals surface area contributed by atoms with E-state index in [0.29, 0.717) is 29.9 Å². The summed E-state index contributed by atoms with van der Waals surface area (Å²) in [6.07, 6.45) is 3.00. The molecule has 9 nitrogen and oxygen atoms in total. The van der Waals surface area contributed by atoms with Gasteiger partial charge >= 0.3 is 16.4 Å². The van der Waals surface area contributed by atoms with E-state index in [1.807, 2.05) is 0 Å². The van der Waals surface area contributed by atoms with Crippen molar-refractivity contribution in [1.82, 2.24) is 4.98 Å². The number of nitrogens with zero attached hydrogens (tertiary/aromatic N) is 4. The molecule has 2 aromatic rings. The van der Waals surface area contributed by atoms with E-state index in [1.54, 1.807) is 13.8 Å². The lowest BCUT2D eigenvalue weighted by Gasteiger charge is -2.13. The lowest BCUT2D eigenvalue weighted by Crippen LogP contribution is -2.15. The third kappa shape index (κ3) is 3.73. The number of aryl methyl sites for hydroxylation is 2. The number of thiazole rings is 1. The molecule has 2 aromatic heterocycles. The Kier molecular flexibility index (Phi) is 5.28. The summed E-state index contributed by atoms with van der Waals surface area (Å²) in [4.78, 5) is 17.4. The molecule has 3 rings (SSSR count). The maximum absolute atomic E-state index is 12.5. The Morgan fingerprint density at radius 2 is 2.00 bits per heavy atom. The van der Waals surface area contributed by atoms with Crippen molar-refractivity contribution in [2.24, 2.45) is 14.6 Å². The van der Waals surface area contributed by atoms with Crippen LogP contribution >= 0.6 is 11.3 Å². The first-order chi connectivity index (χ1) is 12.4. The van der Waals surface area contributed by atoms with E-state index in [4.69, 9.17) is 4.42 Å². The van der Waals surface area contributed by atoms with E-state index in [1.165, 1.54) is 11.3 Å². The number of aromatic nitrogens is 1. The van der Waals surface area contributed by atoms with Crippen molar-refractivity contribution in [3.63, 3.8) is 0 Å². The Bertz CT molecular complexity index is 1060. The maximum Gasteiger partial charge on any atom is 0.315 e. The zero-order valence-electron chi connectivity index (χ0n) is 14.1. The fourth-order valence-electron chi connectivity index (χ4n) is 2.82. The van der Waals surface area contributed by atoms with Gasteiger partial charge in [0, 0.05) is 16.9 Å². The average Bonchev–Trinajstić information content (AvgIpc) is 2.95. The summed E-state index contributed by atoms with van der Waals surface area (Å²) in [6, 6.07) is -0.643. The summed E-state index contributed by atoms with van der Waals surface area (Å²) in [7, 11) is -2.54. The van der Waals surface area contributed by atoms with Gasteiger partial charge in [0.2, 0.25) is 16.2 Å². The first-order valence-electron chi connectivity index (χ1n) is 7.94. The molecule has 0 bridgehead atoms. The lowest BCUT2D eigenvalue weighted by molar-refractivity contribution is 0.300. The van der Waals surface area contributed by atoms with E-state index >= 15 is 0 Å². The smallest absolute Gasteiger partial charge is 0.315 e. The Hall–Kier alpha value is -2.40. The second-order valence-corrected chi connectivity index (χ2v) is 7.66. The topological polar surface area (TPSA) is 135 Å². The van der Waals surface area contributed by atoms with Crippen LogP contribution in [0.15, 0.2) is 23.8 Å². The van der Waals surface area contributed by atoms with Crippen molar-refractivity contribution in [3.8, 4) is 5.95 Å². The summed E-state index contributed by atoms with van der Waals surface area (Å²) in [6.45, 7) is 3.36. The number of hydrogen-bond donors (Lipinski definition) is 1. The molecular formula is C15H16N4O5S2. The summed E-state index contributed by atoms with van der Waals surface area (Å²) in [5.74, 6) is -0.0517. The lowest BCUT2D eigenvalue weighted by atomic mass is 9.97. The van der Waals surface area contributed by atoms with Gasteiger partial charge < -0.3 is 9.52 Å². The summed E-state index contributed by atoms with van der Waals surface area (Å²) in [5.41, 5.74) is 0.364. The van der Waals surface area contributed by atoms with Gasteiger partial charge in [-0.1, -0.05) is 11.3 Å². The first kappa shape index (κ1) is 18.4. The molecule has 11 heteroatoms. The van der Waals surface area contributed by atoms with E-state index in [2.05, 4.69) is 19.6 Å². The molecule has 0 saturated heterocycles. The maximum atomic E-state index is 12.5. The fraction of sp³-hybridized carbons (Fsp3) is 0.467. The highest BCUT2D eigenvalue weighted by Crippen LogP contribution is 2.33. The van der Waals surface area contributed by atoms with E-state index in [-0.39, 0.29) is 16.2 Å². The normalized spacial score (nSPS) is 15.0. The van der Waals surface area contributed by atoms with Gasteiger partial charge in [0.15, 0.2) is 0 Å². The molecule has 0 amide bonds. The number of hydrogen-bond acceptors (Lipinski definition) is 10. The molecule has 0 aliphatic heterocycles. The van der Waals surface area contributed by atoms with Crippen LogP contribution in [0.5, 0.6) is 5.95 Å². The molecule has 0 saturated carbocycles. The number of azo groups is 1. The van der Waals surface area contributed by atoms with Crippen molar-refractivity contribution in [1.29, 1.82) is 0 Å². The first-order valence-corrected chi connectivity index (χ1v) is 9.78. The molecular weight excluding hydrogens is 380 g/mol. The predicted octanol–water partition coefficient (Wildman–Crippen LogP) is 3.53. The van der Waals surface area contributed by atoms with E-state index < -0.39 is 22.5 Å². The van der Waals surface area contributed by atoms with Gasteiger partial charge in [-0.2, -0.15) is 12.8 Å². The highest BCUT2D eigenvalue weighted by Gasteiger charge is 2.22. The van der Waals surface area contributed by atoms with Gasteiger partial charge in [0.25, 0.3) is 0 Å². The van der Waals surface area contributed by atoms with Gasteiger partial charge in [-0.05, 0) is 33.1 Å². The van der Waals surface area contributed by atoms with Crippen LogP contribution in [-0.4, -0.2) is 18.5 Å².